The third kappa shape index (κ3) is 2.87. The smallest absolute Gasteiger partial charge is 0.160 e. The van der Waals surface area contributed by atoms with Crippen molar-refractivity contribution in [2.75, 3.05) is 20.5 Å². The lowest BCUT2D eigenvalue weighted by Gasteiger charge is -2.19. The maximum atomic E-state index is 13.5. The van der Waals surface area contributed by atoms with E-state index in [0.717, 1.165) is 35.7 Å². The Balaban J connectivity index is 1.95. The van der Waals surface area contributed by atoms with Crippen molar-refractivity contribution in [1.82, 2.24) is 0 Å². The molecule has 3 rings (SSSR count). The summed E-state index contributed by atoms with van der Waals surface area (Å²) in [6.07, 6.45) is 1.01. The highest BCUT2D eigenvalue weighted by molar-refractivity contribution is 9.09. The van der Waals surface area contributed by atoms with Crippen molar-refractivity contribution in [3.63, 3.8) is 0 Å². The third-order valence-corrected chi connectivity index (χ3v) is 4.89. The molecule has 110 valence electrons. The molecule has 0 unspecified atom stereocenters. The maximum Gasteiger partial charge on any atom is 0.160 e. The molecule has 0 saturated heterocycles. The van der Waals surface area contributed by atoms with Gasteiger partial charge >= 0.3 is 0 Å². The first kappa shape index (κ1) is 14.7. The lowest BCUT2D eigenvalue weighted by molar-refractivity contribution is 0.509. The van der Waals surface area contributed by atoms with Gasteiger partial charge in [-0.2, -0.15) is 0 Å². The first-order chi connectivity index (χ1) is 10.2. The van der Waals surface area contributed by atoms with E-state index in [4.69, 9.17) is 0 Å². The van der Waals surface area contributed by atoms with Crippen LogP contribution in [0.3, 0.4) is 0 Å². The van der Waals surface area contributed by atoms with Crippen LogP contribution in [0.2, 0.25) is 0 Å². The molecule has 0 bridgehead atoms. The molecule has 1 heterocycles. The first-order valence-electron chi connectivity index (χ1n) is 6.56. The topological polar surface area (TPSA) is 6.48 Å². The van der Waals surface area contributed by atoms with Gasteiger partial charge in [-0.1, -0.05) is 28.1 Å². The Morgan fingerprint density at radius 2 is 1.76 bits per heavy atom. The minimum atomic E-state index is -0.829. The lowest BCUT2D eigenvalue weighted by Crippen LogP contribution is -2.15. The van der Waals surface area contributed by atoms with Gasteiger partial charge in [-0.3, -0.25) is 8.61 Å². The largest absolute Gasteiger partial charge is 0.296 e. The molecule has 1 aliphatic rings. The van der Waals surface area contributed by atoms with Crippen molar-refractivity contribution < 1.29 is 8.78 Å². The van der Waals surface area contributed by atoms with Gasteiger partial charge in [0.2, 0.25) is 0 Å². The number of hydrogen-bond donors (Lipinski definition) is 0. The average Bonchev–Trinajstić information content (AvgIpc) is 2.87. The van der Waals surface area contributed by atoms with Gasteiger partial charge in [0.1, 0.15) is 0 Å². The van der Waals surface area contributed by atoms with Gasteiger partial charge in [0, 0.05) is 17.9 Å². The molecule has 0 atom stereocenters. The molecule has 0 amide bonds. The number of anilines is 3. The number of nitrogens with zero attached hydrogens (tertiary/aromatic N) is 2. The molecule has 2 aromatic carbocycles. The highest BCUT2D eigenvalue weighted by atomic mass is 79.9. The quantitative estimate of drug-likeness (QED) is 0.534. The second-order valence-corrected chi connectivity index (χ2v) is 6.37. The molecule has 21 heavy (non-hydrogen) atoms. The molecule has 2 nitrogen and oxygen atoms in total. The maximum absolute atomic E-state index is 13.5. The van der Waals surface area contributed by atoms with Gasteiger partial charge in [-0.25, -0.2) is 8.78 Å². The van der Waals surface area contributed by atoms with Crippen LogP contribution in [0.1, 0.15) is 6.42 Å². The summed E-state index contributed by atoms with van der Waals surface area (Å²) in [7, 11) is 0. The fourth-order valence-corrected chi connectivity index (χ4v) is 3.55. The van der Waals surface area contributed by atoms with Gasteiger partial charge in [0.05, 0.1) is 29.2 Å². The highest BCUT2D eigenvalue weighted by Crippen LogP contribution is 2.48. The number of hydrogen-bond acceptors (Lipinski definition) is 3. The van der Waals surface area contributed by atoms with E-state index in [2.05, 4.69) is 20.2 Å². The zero-order chi connectivity index (χ0) is 14.8. The fourth-order valence-electron chi connectivity index (χ4n) is 2.20. The van der Waals surface area contributed by atoms with Crippen LogP contribution >= 0.6 is 28.1 Å². The van der Waals surface area contributed by atoms with E-state index in [0.29, 0.717) is 5.69 Å². The van der Waals surface area contributed by atoms with Gasteiger partial charge in [-0.15, -0.1) is 0 Å². The zero-order valence-corrected chi connectivity index (χ0v) is 13.5. The lowest BCUT2D eigenvalue weighted by atomic mass is 10.2. The van der Waals surface area contributed by atoms with E-state index in [9.17, 15) is 8.78 Å². The molecular weight excluding hydrogens is 358 g/mol. The average molecular weight is 371 g/mol. The number of para-hydroxylation sites is 2. The van der Waals surface area contributed by atoms with E-state index in [1.54, 1.807) is 6.07 Å². The first-order valence-corrected chi connectivity index (χ1v) is 8.41. The number of rotatable bonds is 4. The third-order valence-electron chi connectivity index (χ3n) is 3.18. The predicted octanol–water partition coefficient (Wildman–Crippen LogP) is 5.27. The summed E-state index contributed by atoms with van der Waals surface area (Å²) in [5, 5.41) is 0.928. The van der Waals surface area contributed by atoms with Crippen LogP contribution in [0.4, 0.5) is 25.8 Å². The van der Waals surface area contributed by atoms with E-state index >= 15 is 0 Å². The normalized spacial score (nSPS) is 13.7. The number of benzene rings is 2. The molecule has 0 aliphatic carbocycles. The number of halogens is 3. The van der Waals surface area contributed by atoms with Gasteiger partial charge < -0.3 is 0 Å². The molecule has 1 aliphatic heterocycles. The molecule has 2 aromatic rings. The van der Waals surface area contributed by atoms with E-state index < -0.39 is 11.6 Å². The van der Waals surface area contributed by atoms with E-state index in [-0.39, 0.29) is 0 Å². The predicted molar refractivity (Wildman–Crippen MR) is 88.3 cm³/mol. The molecule has 0 spiro atoms. The molecule has 0 radical (unpaired) electrons. The van der Waals surface area contributed by atoms with Gasteiger partial charge in [-0.05, 0) is 30.7 Å². The SMILES string of the molecule is Fc1ccc(N2SN(CCCBr)c3ccccc32)cc1F. The molecule has 0 N–H and O–H groups in total. The molecule has 0 aromatic heterocycles. The van der Waals surface area contributed by atoms with Crippen LogP contribution in [-0.2, 0) is 0 Å². The Morgan fingerprint density at radius 3 is 2.48 bits per heavy atom. The molecule has 6 heteroatoms. The summed E-state index contributed by atoms with van der Waals surface area (Å²) < 4.78 is 30.7. The number of fused-ring (bicyclic) bond motifs is 1. The van der Waals surface area contributed by atoms with Crippen molar-refractivity contribution >= 4 is 45.1 Å². The standard InChI is InChI=1S/C15H13BrF2N2S/c16-8-3-9-19-14-4-1-2-5-15(14)20(21-19)11-6-7-12(17)13(18)10-11/h1-2,4-7,10H,3,8-9H2. The highest BCUT2D eigenvalue weighted by Gasteiger charge is 2.28. The van der Waals surface area contributed by atoms with Crippen LogP contribution in [0, 0.1) is 11.6 Å². The van der Waals surface area contributed by atoms with Crippen LogP contribution in [0.25, 0.3) is 0 Å². The van der Waals surface area contributed by atoms with Crippen LogP contribution in [0.5, 0.6) is 0 Å². The fraction of sp³-hybridized carbons (Fsp3) is 0.200. The van der Waals surface area contributed by atoms with Crippen molar-refractivity contribution in [2.24, 2.45) is 0 Å². The second-order valence-electron chi connectivity index (χ2n) is 4.61. The molecule has 0 fully saturated rings. The summed E-state index contributed by atoms with van der Waals surface area (Å²) in [6.45, 7) is 0.882. The summed E-state index contributed by atoms with van der Waals surface area (Å²) in [5.41, 5.74) is 2.71. The Bertz CT molecular complexity index is 653. The number of alkyl halides is 1. The molecule has 0 saturated carbocycles. The van der Waals surface area contributed by atoms with Gasteiger partial charge in [0.15, 0.2) is 11.6 Å². The Labute approximate surface area is 135 Å². The van der Waals surface area contributed by atoms with Crippen molar-refractivity contribution in [2.45, 2.75) is 6.42 Å². The minimum Gasteiger partial charge on any atom is -0.296 e. The monoisotopic (exact) mass is 370 g/mol. The second kappa shape index (κ2) is 6.23. The summed E-state index contributed by atoms with van der Waals surface area (Å²) in [6, 6.07) is 11.9. The van der Waals surface area contributed by atoms with Crippen LogP contribution in [-0.4, -0.2) is 11.9 Å². The Kier molecular flexibility index (Phi) is 4.35. The van der Waals surface area contributed by atoms with Crippen molar-refractivity contribution in [1.29, 1.82) is 0 Å². The zero-order valence-electron chi connectivity index (χ0n) is 11.1. The van der Waals surface area contributed by atoms with Gasteiger partial charge in [0.25, 0.3) is 0 Å². The molecular formula is C15H13BrF2N2S. The van der Waals surface area contributed by atoms with Crippen molar-refractivity contribution in [3.8, 4) is 0 Å². The van der Waals surface area contributed by atoms with E-state index in [1.807, 2.05) is 28.6 Å². The van der Waals surface area contributed by atoms with Crippen LogP contribution in [0.15, 0.2) is 42.5 Å². The summed E-state index contributed by atoms with van der Waals surface area (Å²) in [5.74, 6) is -1.66. The Morgan fingerprint density at radius 1 is 1.00 bits per heavy atom. The summed E-state index contributed by atoms with van der Waals surface area (Å²) in [4.78, 5) is 0. The van der Waals surface area contributed by atoms with Crippen LogP contribution < -0.4 is 8.61 Å². The minimum absolute atomic E-state index is 0.632. The van der Waals surface area contributed by atoms with E-state index in [1.165, 1.54) is 18.2 Å². The summed E-state index contributed by atoms with van der Waals surface area (Å²) >= 11 is 4.94. The Hall–Kier alpha value is -1.27. The van der Waals surface area contributed by atoms with Crippen molar-refractivity contribution in [3.05, 3.63) is 54.1 Å².